The molecule has 0 bridgehead atoms. The van der Waals surface area contributed by atoms with Crippen LogP contribution < -0.4 is 0 Å². The van der Waals surface area contributed by atoms with Crippen molar-refractivity contribution in [2.24, 2.45) is 5.41 Å². The molecule has 1 aliphatic heterocycles. The van der Waals surface area contributed by atoms with Gasteiger partial charge in [0.05, 0.1) is 0 Å². The molecule has 0 unspecified atom stereocenters. The molecule has 2 aliphatic rings. The minimum Gasteiger partial charge on any atom is -0.465 e. The molecular weight excluding hydrogens is 248 g/mol. The first-order valence-electron chi connectivity index (χ1n) is 8.36. The Morgan fingerprint density at radius 3 is 2.20 bits per heavy atom. The highest BCUT2D eigenvalue weighted by molar-refractivity contribution is 5.41. The predicted molar refractivity (Wildman–Crippen MR) is 83.4 cm³/mol. The van der Waals surface area contributed by atoms with Gasteiger partial charge in [0, 0.05) is 25.6 Å². The number of hydrogen-bond acceptors (Lipinski definition) is 2. The Morgan fingerprint density at radius 2 is 1.65 bits per heavy atom. The van der Waals surface area contributed by atoms with Gasteiger partial charge in [0.15, 0.2) is 0 Å². The summed E-state index contributed by atoms with van der Waals surface area (Å²) in [7, 11) is 0. The number of hydrogen-bond donors (Lipinski definition) is 0. The second kappa shape index (κ2) is 6.34. The van der Waals surface area contributed by atoms with Crippen molar-refractivity contribution in [3.63, 3.8) is 0 Å². The lowest BCUT2D eigenvalue weighted by Crippen LogP contribution is -2.30. The molecule has 114 valence electrons. The quantitative estimate of drug-likeness (QED) is 0.768. The Bertz CT molecular complexity index is 437. The Morgan fingerprint density at radius 1 is 1.05 bits per heavy atom. The van der Waals surface area contributed by atoms with Gasteiger partial charge in [-0.25, -0.2) is 0 Å². The van der Waals surface area contributed by atoms with Crippen molar-refractivity contribution < 1.29 is 9.15 Å². The minimum absolute atomic E-state index is 0.493. The first-order chi connectivity index (χ1) is 9.65. The maximum absolute atomic E-state index is 6.10. The number of furan rings is 1. The molecule has 1 saturated heterocycles. The fraction of sp³-hybridized carbons (Fsp3) is 0.778. The second-order valence-corrected chi connectivity index (χ2v) is 6.32. The van der Waals surface area contributed by atoms with Crippen LogP contribution in [-0.2, 0) is 24.0 Å². The highest BCUT2D eigenvalue weighted by atomic mass is 16.5. The third kappa shape index (κ3) is 2.67. The normalized spacial score (nSPS) is 19.9. The maximum atomic E-state index is 6.10. The summed E-state index contributed by atoms with van der Waals surface area (Å²) in [4.78, 5) is 0. The van der Waals surface area contributed by atoms with Crippen LogP contribution in [0, 0.1) is 5.41 Å². The number of rotatable bonds is 2. The van der Waals surface area contributed by atoms with Crippen molar-refractivity contribution in [3.8, 4) is 0 Å². The standard InChI is InChI=1S/C16H24O2.C2H6/c1-4-14-12-9-16(5-7-17-8-6-16)10-13(12)15(18-14)11(2)3;1-2/h11H,4-10H2,1-3H3;1-2H3. The average Bonchev–Trinajstić information content (AvgIpc) is 2.97. The molecule has 3 rings (SSSR count). The van der Waals surface area contributed by atoms with E-state index in [9.17, 15) is 0 Å². The average molecular weight is 278 g/mol. The molecule has 0 N–H and O–H groups in total. The van der Waals surface area contributed by atoms with E-state index in [2.05, 4.69) is 20.8 Å². The smallest absolute Gasteiger partial charge is 0.110 e. The lowest BCUT2D eigenvalue weighted by molar-refractivity contribution is 0.0192. The van der Waals surface area contributed by atoms with E-state index in [0.29, 0.717) is 11.3 Å². The van der Waals surface area contributed by atoms with Gasteiger partial charge in [0.2, 0.25) is 0 Å². The molecular formula is C18H30O2. The van der Waals surface area contributed by atoms with Gasteiger partial charge in [0.25, 0.3) is 0 Å². The zero-order valence-corrected chi connectivity index (χ0v) is 13.8. The predicted octanol–water partition coefficient (Wildman–Crippen LogP) is 4.89. The lowest BCUT2D eigenvalue weighted by Gasteiger charge is -2.33. The Labute approximate surface area is 123 Å². The Kier molecular flexibility index (Phi) is 4.95. The molecule has 20 heavy (non-hydrogen) atoms. The summed E-state index contributed by atoms with van der Waals surface area (Å²) >= 11 is 0. The van der Waals surface area contributed by atoms with Crippen molar-refractivity contribution in [3.05, 3.63) is 22.6 Å². The van der Waals surface area contributed by atoms with Crippen molar-refractivity contribution in [1.82, 2.24) is 0 Å². The first-order valence-corrected chi connectivity index (χ1v) is 8.36. The zero-order valence-electron chi connectivity index (χ0n) is 13.8. The molecule has 2 nitrogen and oxygen atoms in total. The van der Waals surface area contributed by atoms with E-state index in [1.165, 1.54) is 37.2 Å². The number of ether oxygens (including phenoxy) is 1. The molecule has 1 spiro atoms. The van der Waals surface area contributed by atoms with E-state index in [4.69, 9.17) is 9.15 Å². The van der Waals surface area contributed by atoms with E-state index >= 15 is 0 Å². The molecule has 1 fully saturated rings. The van der Waals surface area contributed by atoms with Crippen molar-refractivity contribution in [2.45, 2.75) is 72.6 Å². The van der Waals surface area contributed by atoms with Crippen LogP contribution in [0.4, 0.5) is 0 Å². The molecule has 1 aliphatic carbocycles. The van der Waals surface area contributed by atoms with E-state index in [-0.39, 0.29) is 0 Å². The highest BCUT2D eigenvalue weighted by Crippen LogP contribution is 2.48. The molecule has 2 heterocycles. The molecule has 1 aromatic rings. The van der Waals surface area contributed by atoms with Gasteiger partial charge in [-0.1, -0.05) is 34.6 Å². The van der Waals surface area contributed by atoms with Gasteiger partial charge in [-0.3, -0.25) is 0 Å². The third-order valence-electron chi connectivity index (χ3n) is 4.73. The molecule has 2 heteroatoms. The van der Waals surface area contributed by atoms with Crippen LogP contribution in [0.15, 0.2) is 4.42 Å². The van der Waals surface area contributed by atoms with Crippen LogP contribution in [-0.4, -0.2) is 13.2 Å². The highest BCUT2D eigenvalue weighted by Gasteiger charge is 2.42. The van der Waals surface area contributed by atoms with Gasteiger partial charge >= 0.3 is 0 Å². The molecule has 0 amide bonds. The fourth-order valence-corrected chi connectivity index (χ4v) is 3.69. The van der Waals surface area contributed by atoms with Crippen LogP contribution in [0.5, 0.6) is 0 Å². The minimum atomic E-state index is 0.493. The lowest BCUT2D eigenvalue weighted by atomic mass is 9.77. The molecule has 0 radical (unpaired) electrons. The number of fused-ring (bicyclic) bond motifs is 1. The molecule has 1 aromatic heterocycles. The van der Waals surface area contributed by atoms with E-state index < -0.39 is 0 Å². The number of aryl methyl sites for hydroxylation is 1. The Hall–Kier alpha value is -0.760. The van der Waals surface area contributed by atoms with Gasteiger partial charge in [0.1, 0.15) is 11.5 Å². The molecule has 0 atom stereocenters. The van der Waals surface area contributed by atoms with E-state index in [0.717, 1.165) is 19.6 Å². The van der Waals surface area contributed by atoms with Crippen molar-refractivity contribution >= 4 is 0 Å². The molecule has 0 aromatic carbocycles. The van der Waals surface area contributed by atoms with Crippen LogP contribution in [0.2, 0.25) is 0 Å². The van der Waals surface area contributed by atoms with Crippen LogP contribution in [0.3, 0.4) is 0 Å². The topological polar surface area (TPSA) is 22.4 Å². The SMILES string of the molecule is CC.CCc1oc(C(C)C)c2c1CC1(CCOCC1)C2. The maximum Gasteiger partial charge on any atom is 0.110 e. The van der Waals surface area contributed by atoms with Gasteiger partial charge in [-0.05, 0) is 42.2 Å². The second-order valence-electron chi connectivity index (χ2n) is 6.32. The zero-order chi connectivity index (χ0) is 14.8. The third-order valence-corrected chi connectivity index (χ3v) is 4.73. The molecule has 0 saturated carbocycles. The van der Waals surface area contributed by atoms with Crippen LogP contribution in [0.25, 0.3) is 0 Å². The van der Waals surface area contributed by atoms with Gasteiger partial charge < -0.3 is 9.15 Å². The van der Waals surface area contributed by atoms with E-state index in [1.54, 1.807) is 11.1 Å². The Balaban J connectivity index is 0.000000704. The largest absolute Gasteiger partial charge is 0.465 e. The van der Waals surface area contributed by atoms with Crippen molar-refractivity contribution in [2.75, 3.05) is 13.2 Å². The summed E-state index contributed by atoms with van der Waals surface area (Å²) in [6.07, 6.45) is 5.93. The van der Waals surface area contributed by atoms with Crippen LogP contribution >= 0.6 is 0 Å². The van der Waals surface area contributed by atoms with Crippen LogP contribution in [0.1, 0.15) is 76.0 Å². The summed E-state index contributed by atoms with van der Waals surface area (Å²) in [5, 5.41) is 0. The summed E-state index contributed by atoms with van der Waals surface area (Å²) in [6, 6.07) is 0. The summed E-state index contributed by atoms with van der Waals surface area (Å²) in [5.41, 5.74) is 3.58. The summed E-state index contributed by atoms with van der Waals surface area (Å²) in [6.45, 7) is 12.6. The monoisotopic (exact) mass is 278 g/mol. The van der Waals surface area contributed by atoms with E-state index in [1.807, 2.05) is 13.8 Å². The van der Waals surface area contributed by atoms with Crippen molar-refractivity contribution in [1.29, 1.82) is 0 Å². The summed E-state index contributed by atoms with van der Waals surface area (Å²) in [5.74, 6) is 3.01. The van der Waals surface area contributed by atoms with Gasteiger partial charge in [-0.15, -0.1) is 0 Å². The fourth-order valence-electron chi connectivity index (χ4n) is 3.69. The first kappa shape index (κ1) is 15.6. The summed E-state index contributed by atoms with van der Waals surface area (Å²) < 4.78 is 11.6. The van der Waals surface area contributed by atoms with Gasteiger partial charge in [-0.2, -0.15) is 0 Å².